The van der Waals surface area contributed by atoms with Gasteiger partial charge in [-0.25, -0.2) is 0 Å². The summed E-state index contributed by atoms with van der Waals surface area (Å²) in [6.07, 6.45) is 5.55. The molecule has 3 N–H and O–H groups in total. The van der Waals surface area contributed by atoms with Crippen molar-refractivity contribution in [1.29, 1.82) is 0 Å². The van der Waals surface area contributed by atoms with Gasteiger partial charge in [0.1, 0.15) is 5.75 Å². The highest BCUT2D eigenvalue weighted by Crippen LogP contribution is 2.26. The molecular formula is C19H25N3O3. The summed E-state index contributed by atoms with van der Waals surface area (Å²) in [7, 11) is 0. The van der Waals surface area contributed by atoms with Gasteiger partial charge in [0, 0.05) is 31.6 Å². The molecule has 25 heavy (non-hydrogen) atoms. The molecule has 0 aromatic heterocycles. The quantitative estimate of drug-likeness (QED) is 0.521. The van der Waals surface area contributed by atoms with Crippen LogP contribution in [0.4, 0.5) is 5.69 Å². The first-order valence-corrected chi connectivity index (χ1v) is 8.91. The van der Waals surface area contributed by atoms with Crippen LogP contribution < -0.4 is 20.7 Å². The first-order chi connectivity index (χ1) is 12.2. The number of aryl methyl sites for hydroxylation is 1. The molecule has 2 amide bonds. The van der Waals surface area contributed by atoms with E-state index in [1.54, 1.807) is 0 Å². The summed E-state index contributed by atoms with van der Waals surface area (Å²) < 4.78 is 5.73. The monoisotopic (exact) mass is 343 g/mol. The summed E-state index contributed by atoms with van der Waals surface area (Å²) in [6.45, 7) is 3.03. The van der Waals surface area contributed by atoms with Gasteiger partial charge < -0.3 is 20.7 Å². The van der Waals surface area contributed by atoms with Gasteiger partial charge in [-0.05, 0) is 49.6 Å². The molecule has 6 heteroatoms. The summed E-state index contributed by atoms with van der Waals surface area (Å²) >= 11 is 0. The molecule has 0 radical (unpaired) electrons. The average Bonchev–Trinajstić information content (AvgIpc) is 2.64. The van der Waals surface area contributed by atoms with Crippen LogP contribution in [0.25, 0.3) is 0 Å². The minimum Gasteiger partial charge on any atom is -0.494 e. The Morgan fingerprint density at radius 1 is 1.24 bits per heavy atom. The first kappa shape index (κ1) is 17.5. The lowest BCUT2D eigenvalue weighted by Crippen LogP contribution is -2.29. The highest BCUT2D eigenvalue weighted by Gasteiger charge is 2.15. The van der Waals surface area contributed by atoms with Gasteiger partial charge in [-0.1, -0.05) is 11.6 Å². The van der Waals surface area contributed by atoms with Crippen LogP contribution in [0.15, 0.2) is 29.8 Å². The molecule has 2 aliphatic heterocycles. The molecule has 1 aromatic rings. The molecule has 0 aliphatic carbocycles. The Bertz CT molecular complexity index is 670. The van der Waals surface area contributed by atoms with Gasteiger partial charge >= 0.3 is 0 Å². The summed E-state index contributed by atoms with van der Waals surface area (Å²) in [6, 6.07) is 5.70. The number of rotatable bonds is 7. The lowest BCUT2D eigenvalue weighted by Gasteiger charge is -2.17. The van der Waals surface area contributed by atoms with Crippen molar-refractivity contribution in [2.24, 2.45) is 0 Å². The van der Waals surface area contributed by atoms with E-state index >= 15 is 0 Å². The maximum atomic E-state index is 11.9. The van der Waals surface area contributed by atoms with Crippen molar-refractivity contribution in [2.45, 2.75) is 32.1 Å². The van der Waals surface area contributed by atoms with Crippen LogP contribution >= 0.6 is 0 Å². The lowest BCUT2D eigenvalue weighted by molar-refractivity contribution is -0.121. The third kappa shape index (κ3) is 5.32. The van der Waals surface area contributed by atoms with E-state index in [1.807, 2.05) is 18.2 Å². The number of fused-ring (bicyclic) bond motifs is 1. The number of hydrogen-bond donors (Lipinski definition) is 3. The smallest absolute Gasteiger partial charge is 0.224 e. The van der Waals surface area contributed by atoms with Crippen LogP contribution in [-0.2, 0) is 16.0 Å². The number of benzene rings is 1. The normalized spacial score (nSPS) is 16.5. The Kier molecular flexibility index (Phi) is 6.06. The minimum atomic E-state index is 0.0624. The largest absolute Gasteiger partial charge is 0.494 e. The minimum absolute atomic E-state index is 0.0624. The summed E-state index contributed by atoms with van der Waals surface area (Å²) in [5.74, 6) is 0.916. The molecule has 134 valence electrons. The van der Waals surface area contributed by atoms with E-state index in [0.717, 1.165) is 42.9 Å². The predicted octanol–water partition coefficient (Wildman–Crippen LogP) is 1.77. The number of hydrogen-bond acceptors (Lipinski definition) is 4. The molecule has 1 aromatic carbocycles. The third-order valence-corrected chi connectivity index (χ3v) is 4.46. The van der Waals surface area contributed by atoms with Crippen LogP contribution in [0.2, 0.25) is 0 Å². The molecule has 6 nitrogen and oxygen atoms in total. The maximum Gasteiger partial charge on any atom is 0.224 e. The van der Waals surface area contributed by atoms with E-state index in [1.165, 1.54) is 5.57 Å². The van der Waals surface area contributed by atoms with Gasteiger partial charge in [-0.15, -0.1) is 0 Å². The Morgan fingerprint density at radius 3 is 3.00 bits per heavy atom. The van der Waals surface area contributed by atoms with Crippen LogP contribution in [0, 0.1) is 0 Å². The SMILES string of the molecule is O=C(CCCOc1ccc2c(c1)CCC(=O)N2)NCC1=CCNCC1. The summed E-state index contributed by atoms with van der Waals surface area (Å²) in [4.78, 5) is 23.2. The second kappa shape index (κ2) is 8.67. The Morgan fingerprint density at radius 2 is 2.16 bits per heavy atom. The molecule has 0 unspecified atom stereocenters. The van der Waals surface area contributed by atoms with Gasteiger partial charge in [0.05, 0.1) is 6.61 Å². The lowest BCUT2D eigenvalue weighted by atomic mass is 10.0. The Hall–Kier alpha value is -2.34. The van der Waals surface area contributed by atoms with Gasteiger partial charge in [-0.2, -0.15) is 0 Å². The van der Waals surface area contributed by atoms with E-state index in [9.17, 15) is 9.59 Å². The van der Waals surface area contributed by atoms with Crippen LogP contribution in [0.1, 0.15) is 31.2 Å². The van der Waals surface area contributed by atoms with Crippen molar-refractivity contribution < 1.29 is 14.3 Å². The maximum absolute atomic E-state index is 11.9. The van der Waals surface area contributed by atoms with Gasteiger partial charge in [0.15, 0.2) is 0 Å². The zero-order valence-electron chi connectivity index (χ0n) is 14.4. The molecule has 0 spiro atoms. The topological polar surface area (TPSA) is 79.5 Å². The van der Waals surface area contributed by atoms with Crippen LogP contribution in [0.3, 0.4) is 0 Å². The second-order valence-corrected chi connectivity index (χ2v) is 6.41. The molecule has 0 fully saturated rings. The number of ether oxygens (including phenoxy) is 1. The van der Waals surface area contributed by atoms with Crippen molar-refractivity contribution in [2.75, 3.05) is 31.6 Å². The third-order valence-electron chi connectivity index (χ3n) is 4.46. The van der Waals surface area contributed by atoms with E-state index in [4.69, 9.17) is 4.74 Å². The Balaban J connectivity index is 1.35. The predicted molar refractivity (Wildman–Crippen MR) is 96.7 cm³/mol. The van der Waals surface area contributed by atoms with Gasteiger partial charge in [0.2, 0.25) is 11.8 Å². The van der Waals surface area contributed by atoms with Crippen LogP contribution in [-0.4, -0.2) is 38.1 Å². The second-order valence-electron chi connectivity index (χ2n) is 6.41. The Labute approximate surface area is 148 Å². The van der Waals surface area contributed by atoms with E-state index in [-0.39, 0.29) is 11.8 Å². The van der Waals surface area contributed by atoms with Crippen LogP contribution in [0.5, 0.6) is 5.75 Å². The summed E-state index contributed by atoms with van der Waals surface area (Å²) in [5.41, 5.74) is 3.27. The van der Waals surface area contributed by atoms with Crippen molar-refractivity contribution in [3.05, 3.63) is 35.4 Å². The number of carbonyl (C=O) groups excluding carboxylic acids is 2. The number of carbonyl (C=O) groups is 2. The average molecular weight is 343 g/mol. The van der Waals surface area contributed by atoms with Gasteiger partial charge in [-0.3, -0.25) is 9.59 Å². The molecule has 0 bridgehead atoms. The van der Waals surface area contributed by atoms with E-state index in [0.29, 0.717) is 32.4 Å². The highest BCUT2D eigenvalue weighted by molar-refractivity contribution is 5.94. The fourth-order valence-corrected chi connectivity index (χ4v) is 3.00. The number of anilines is 1. The first-order valence-electron chi connectivity index (χ1n) is 8.91. The summed E-state index contributed by atoms with van der Waals surface area (Å²) in [5, 5.41) is 9.07. The fraction of sp³-hybridized carbons (Fsp3) is 0.474. The standard InChI is InChI=1S/C19H25N3O3/c23-18(21-13-14-7-9-20-10-8-14)2-1-11-25-16-4-5-17-15(12-16)3-6-19(24)22-17/h4-5,7,12,20H,1-3,6,8-11,13H2,(H,21,23)(H,22,24). The fourth-order valence-electron chi connectivity index (χ4n) is 3.00. The molecule has 2 heterocycles. The number of amides is 2. The molecule has 0 saturated heterocycles. The molecule has 0 atom stereocenters. The van der Waals surface area contributed by atoms with E-state index in [2.05, 4.69) is 22.0 Å². The molecule has 2 aliphatic rings. The zero-order valence-corrected chi connectivity index (χ0v) is 14.4. The van der Waals surface area contributed by atoms with Crippen molar-refractivity contribution in [3.63, 3.8) is 0 Å². The number of nitrogens with one attached hydrogen (secondary N) is 3. The van der Waals surface area contributed by atoms with Crippen molar-refractivity contribution in [3.8, 4) is 5.75 Å². The van der Waals surface area contributed by atoms with Crippen molar-refractivity contribution in [1.82, 2.24) is 10.6 Å². The molecule has 0 saturated carbocycles. The molecule has 3 rings (SSSR count). The zero-order chi connectivity index (χ0) is 17.5. The molecular weight excluding hydrogens is 318 g/mol. The highest BCUT2D eigenvalue weighted by atomic mass is 16.5. The van der Waals surface area contributed by atoms with E-state index < -0.39 is 0 Å². The van der Waals surface area contributed by atoms with Crippen molar-refractivity contribution >= 4 is 17.5 Å². The van der Waals surface area contributed by atoms with Gasteiger partial charge in [0.25, 0.3) is 0 Å².